The predicted molar refractivity (Wildman–Crippen MR) is 174 cm³/mol. The summed E-state index contributed by atoms with van der Waals surface area (Å²) in [7, 11) is -2.68. The van der Waals surface area contributed by atoms with Crippen molar-refractivity contribution < 1.29 is 13.9 Å². The molecule has 1 aliphatic heterocycles. The van der Waals surface area contributed by atoms with Crippen LogP contribution in [-0.4, -0.2) is 32.8 Å². The van der Waals surface area contributed by atoms with Gasteiger partial charge in [-0.1, -0.05) is 103 Å². The average Bonchev–Trinajstić information content (AvgIpc) is 2.98. The molecule has 5 rings (SSSR count). The Hall–Kier alpha value is -2.35. The number of hydrogen-bond acceptors (Lipinski definition) is 4. The SMILES string of the molecule is CC(C)(C)[Si](OCc1ncc2cc(Br)ccc2c1CCCCOC1CCCCO1)(c1ccccc1)c1ccccc1. The number of halogens is 1. The highest BCUT2D eigenvalue weighted by Crippen LogP contribution is 2.38. The van der Waals surface area contributed by atoms with Gasteiger partial charge in [0.05, 0.1) is 12.3 Å². The molecule has 1 unspecified atom stereocenters. The molecule has 6 heteroatoms. The van der Waals surface area contributed by atoms with Crippen molar-refractivity contribution in [3.05, 3.63) is 101 Å². The van der Waals surface area contributed by atoms with E-state index in [0.717, 1.165) is 60.9 Å². The summed E-state index contributed by atoms with van der Waals surface area (Å²) in [5.41, 5.74) is 2.31. The standard InChI is InChI=1S/C35H42BrNO3Si/c1-35(2,3)41(29-14-6-4-7-15-29,30-16-8-5-9-17-30)40-26-33-32(31-21-20-28(36)24-27(31)25-37-33)18-10-12-22-38-34-19-11-13-23-39-34/h4-9,14-17,20-21,24-25,34H,10-13,18-19,22-23,26H2,1-3H3. The second kappa shape index (κ2) is 13.7. The van der Waals surface area contributed by atoms with Crippen molar-refractivity contribution in [1.29, 1.82) is 0 Å². The third kappa shape index (κ3) is 7.00. The molecule has 0 amide bonds. The lowest BCUT2D eigenvalue weighted by Gasteiger charge is -2.43. The summed E-state index contributed by atoms with van der Waals surface area (Å²) < 4.78 is 20.1. The van der Waals surface area contributed by atoms with Crippen molar-refractivity contribution in [3.63, 3.8) is 0 Å². The first-order valence-electron chi connectivity index (χ1n) is 14.9. The minimum absolute atomic E-state index is 0.0317. The molecule has 216 valence electrons. The Morgan fingerprint density at radius 3 is 2.27 bits per heavy atom. The molecule has 0 saturated carbocycles. The maximum absolute atomic E-state index is 7.30. The van der Waals surface area contributed by atoms with Crippen LogP contribution in [0.25, 0.3) is 10.8 Å². The molecule has 0 aliphatic carbocycles. The van der Waals surface area contributed by atoms with Gasteiger partial charge >= 0.3 is 0 Å². The molecule has 1 atom stereocenters. The van der Waals surface area contributed by atoms with E-state index in [4.69, 9.17) is 18.9 Å². The smallest absolute Gasteiger partial charge is 0.261 e. The first kappa shape index (κ1) is 30.1. The topological polar surface area (TPSA) is 40.6 Å². The summed E-state index contributed by atoms with van der Waals surface area (Å²) in [4.78, 5) is 5.02. The van der Waals surface area contributed by atoms with Gasteiger partial charge in [-0.05, 0) is 77.0 Å². The largest absolute Gasteiger partial charge is 0.401 e. The Morgan fingerprint density at radius 2 is 1.63 bits per heavy atom. The fourth-order valence-corrected chi connectivity index (χ4v) is 11.0. The van der Waals surface area contributed by atoms with E-state index in [2.05, 4.69) is 116 Å². The van der Waals surface area contributed by atoms with Crippen LogP contribution < -0.4 is 10.4 Å². The highest BCUT2D eigenvalue weighted by atomic mass is 79.9. The van der Waals surface area contributed by atoms with E-state index in [9.17, 15) is 0 Å². The molecular weight excluding hydrogens is 590 g/mol. The summed E-state index contributed by atoms with van der Waals surface area (Å²) in [5.74, 6) is 0. The van der Waals surface area contributed by atoms with E-state index in [1.54, 1.807) is 0 Å². The number of hydrogen-bond donors (Lipinski definition) is 0. The zero-order valence-electron chi connectivity index (χ0n) is 24.6. The number of nitrogens with zero attached hydrogens (tertiary/aromatic N) is 1. The zero-order valence-corrected chi connectivity index (χ0v) is 27.2. The van der Waals surface area contributed by atoms with E-state index in [1.165, 1.54) is 27.7 Å². The first-order chi connectivity index (χ1) is 19.9. The zero-order chi connectivity index (χ0) is 28.7. The quantitative estimate of drug-likeness (QED) is 0.124. The number of rotatable bonds is 11. The van der Waals surface area contributed by atoms with Gasteiger partial charge in [-0.3, -0.25) is 4.98 Å². The van der Waals surface area contributed by atoms with Crippen LogP contribution in [-0.2, 0) is 26.9 Å². The third-order valence-corrected chi connectivity index (χ3v) is 13.6. The monoisotopic (exact) mass is 631 g/mol. The van der Waals surface area contributed by atoms with Crippen molar-refractivity contribution in [3.8, 4) is 0 Å². The molecule has 0 spiro atoms. The maximum atomic E-state index is 7.30. The minimum atomic E-state index is -2.68. The number of fused-ring (bicyclic) bond motifs is 1. The lowest BCUT2D eigenvalue weighted by atomic mass is 9.99. The molecule has 0 N–H and O–H groups in total. The molecule has 4 nitrogen and oxygen atoms in total. The molecule has 1 saturated heterocycles. The number of aryl methyl sites for hydroxylation is 1. The van der Waals surface area contributed by atoms with E-state index in [-0.39, 0.29) is 11.3 Å². The third-order valence-electron chi connectivity index (χ3n) is 8.15. The van der Waals surface area contributed by atoms with Gasteiger partial charge in [0.25, 0.3) is 8.32 Å². The highest BCUT2D eigenvalue weighted by Gasteiger charge is 2.50. The molecule has 1 aromatic heterocycles. The minimum Gasteiger partial charge on any atom is -0.401 e. The van der Waals surface area contributed by atoms with E-state index in [0.29, 0.717) is 6.61 Å². The summed E-state index contributed by atoms with van der Waals surface area (Å²) in [6.07, 6.45) is 8.25. The molecule has 0 radical (unpaired) electrons. The number of pyridine rings is 1. The van der Waals surface area contributed by atoms with Gasteiger partial charge < -0.3 is 13.9 Å². The van der Waals surface area contributed by atoms with Crippen molar-refractivity contribution in [1.82, 2.24) is 4.98 Å². The molecule has 3 aromatic carbocycles. The maximum Gasteiger partial charge on any atom is 0.261 e. The first-order valence-corrected chi connectivity index (χ1v) is 17.6. The van der Waals surface area contributed by atoms with Gasteiger partial charge in [-0.25, -0.2) is 0 Å². The lowest BCUT2D eigenvalue weighted by Crippen LogP contribution is -2.66. The molecule has 4 aromatic rings. The van der Waals surface area contributed by atoms with E-state index >= 15 is 0 Å². The summed E-state index contributed by atoms with van der Waals surface area (Å²) in [6, 6.07) is 28.2. The normalized spacial score (nSPS) is 16.2. The van der Waals surface area contributed by atoms with Crippen LogP contribution in [0.5, 0.6) is 0 Å². The molecule has 2 heterocycles. The molecular formula is C35H42BrNO3Si. The van der Waals surface area contributed by atoms with Gasteiger partial charge in [-0.15, -0.1) is 0 Å². The number of unbranched alkanes of at least 4 members (excludes halogenated alkanes) is 1. The fraction of sp³-hybridized carbons (Fsp3) is 0.400. The van der Waals surface area contributed by atoms with Gasteiger partial charge in [0, 0.05) is 29.3 Å². The lowest BCUT2D eigenvalue weighted by molar-refractivity contribution is -0.162. The fourth-order valence-electron chi connectivity index (χ4n) is 6.10. The Bertz CT molecular complexity index is 1360. The molecule has 1 fully saturated rings. The Kier molecular flexibility index (Phi) is 10.1. The second-order valence-electron chi connectivity index (χ2n) is 12.0. The van der Waals surface area contributed by atoms with Gasteiger partial charge in [-0.2, -0.15) is 0 Å². The van der Waals surface area contributed by atoms with Crippen LogP contribution in [0.2, 0.25) is 5.04 Å². The van der Waals surface area contributed by atoms with Crippen LogP contribution in [0.1, 0.15) is 64.1 Å². The summed E-state index contributed by atoms with van der Waals surface area (Å²) >= 11 is 3.64. The number of ether oxygens (including phenoxy) is 2. The van der Waals surface area contributed by atoms with Gasteiger partial charge in [0.1, 0.15) is 0 Å². The van der Waals surface area contributed by atoms with Crippen molar-refractivity contribution >= 4 is 45.4 Å². The van der Waals surface area contributed by atoms with Crippen LogP contribution in [0.15, 0.2) is 89.5 Å². The van der Waals surface area contributed by atoms with Gasteiger partial charge in [0.15, 0.2) is 6.29 Å². The van der Waals surface area contributed by atoms with Crippen molar-refractivity contribution in [2.45, 2.75) is 77.2 Å². The Morgan fingerprint density at radius 1 is 0.927 bits per heavy atom. The molecule has 1 aliphatic rings. The Labute approximate surface area is 254 Å². The van der Waals surface area contributed by atoms with Crippen molar-refractivity contribution in [2.24, 2.45) is 0 Å². The summed E-state index contributed by atoms with van der Waals surface area (Å²) in [6.45, 7) is 8.98. The summed E-state index contributed by atoms with van der Waals surface area (Å²) in [5, 5.41) is 4.88. The number of aromatic nitrogens is 1. The Balaban J connectivity index is 1.43. The predicted octanol–water partition coefficient (Wildman–Crippen LogP) is 7.94. The average molecular weight is 633 g/mol. The number of benzene rings is 3. The molecule has 41 heavy (non-hydrogen) atoms. The van der Waals surface area contributed by atoms with Crippen LogP contribution in [0.3, 0.4) is 0 Å². The van der Waals surface area contributed by atoms with Crippen LogP contribution >= 0.6 is 15.9 Å². The molecule has 0 bridgehead atoms. The van der Waals surface area contributed by atoms with E-state index in [1.807, 2.05) is 6.20 Å². The van der Waals surface area contributed by atoms with Crippen molar-refractivity contribution in [2.75, 3.05) is 13.2 Å². The van der Waals surface area contributed by atoms with E-state index < -0.39 is 8.32 Å². The highest BCUT2D eigenvalue weighted by molar-refractivity contribution is 9.10. The van der Waals surface area contributed by atoms with Crippen LogP contribution in [0.4, 0.5) is 0 Å². The second-order valence-corrected chi connectivity index (χ2v) is 17.2. The van der Waals surface area contributed by atoms with Crippen LogP contribution in [0, 0.1) is 0 Å². The van der Waals surface area contributed by atoms with Gasteiger partial charge in [0.2, 0.25) is 0 Å².